The van der Waals surface area contributed by atoms with Gasteiger partial charge in [-0.2, -0.15) is 0 Å². The smallest absolute Gasteiger partial charge is 0.318 e. The molecule has 1 saturated carbocycles. The lowest BCUT2D eigenvalue weighted by molar-refractivity contribution is -0.128. The Balaban J connectivity index is 1.73. The number of carbonyl (C=O) groups is 2. The predicted molar refractivity (Wildman–Crippen MR) is 99.7 cm³/mol. The van der Waals surface area contributed by atoms with E-state index in [1.54, 1.807) is 4.90 Å². The van der Waals surface area contributed by atoms with Crippen molar-refractivity contribution in [1.82, 2.24) is 15.5 Å². The van der Waals surface area contributed by atoms with Gasteiger partial charge in [-0.25, -0.2) is 4.79 Å². The van der Waals surface area contributed by atoms with Crippen LogP contribution in [0.15, 0.2) is 30.3 Å². The van der Waals surface area contributed by atoms with Crippen molar-refractivity contribution in [1.29, 1.82) is 0 Å². The van der Waals surface area contributed by atoms with E-state index in [0.717, 1.165) is 31.2 Å². The number of aliphatic hydroxyl groups is 1. The fraction of sp³-hybridized carbons (Fsp3) is 0.600. The fourth-order valence-electron chi connectivity index (χ4n) is 3.94. The van der Waals surface area contributed by atoms with Gasteiger partial charge in [0.25, 0.3) is 0 Å². The van der Waals surface area contributed by atoms with Crippen molar-refractivity contribution in [2.75, 3.05) is 19.7 Å². The highest BCUT2D eigenvalue weighted by atomic mass is 16.3. The summed E-state index contributed by atoms with van der Waals surface area (Å²) in [5.74, 6) is 0.237. The molecule has 1 saturated heterocycles. The molecule has 0 aromatic heterocycles. The second kappa shape index (κ2) is 8.54. The Morgan fingerprint density at radius 2 is 1.88 bits per heavy atom. The molecule has 3 atom stereocenters. The van der Waals surface area contributed by atoms with Crippen LogP contribution in [0.25, 0.3) is 0 Å². The molecule has 1 aliphatic heterocycles. The summed E-state index contributed by atoms with van der Waals surface area (Å²) in [6.07, 6.45) is 3.89. The third-order valence-corrected chi connectivity index (χ3v) is 5.64. The summed E-state index contributed by atoms with van der Waals surface area (Å²) in [6.45, 7) is 2.94. The molecule has 0 spiro atoms. The summed E-state index contributed by atoms with van der Waals surface area (Å²) >= 11 is 0. The van der Waals surface area contributed by atoms with Crippen molar-refractivity contribution < 1.29 is 14.7 Å². The van der Waals surface area contributed by atoms with Gasteiger partial charge in [-0.3, -0.25) is 4.79 Å². The molecule has 1 aromatic carbocycles. The molecule has 1 aliphatic carbocycles. The van der Waals surface area contributed by atoms with Crippen LogP contribution in [0.1, 0.15) is 44.1 Å². The lowest BCUT2D eigenvalue weighted by atomic mass is 9.75. The highest BCUT2D eigenvalue weighted by Gasteiger charge is 2.51. The van der Waals surface area contributed by atoms with Gasteiger partial charge in [0.2, 0.25) is 5.91 Å². The summed E-state index contributed by atoms with van der Waals surface area (Å²) in [5.41, 5.74) is 1.09. The Hall–Kier alpha value is -2.08. The Kier molecular flexibility index (Phi) is 6.14. The minimum Gasteiger partial charge on any atom is -0.394 e. The molecule has 3 N–H and O–H groups in total. The SMILES string of the molecule is CCCNC(=O)N1[C@H](CO)[C@H](c2ccccc2)[C@@H]1CNC(=O)C1CCC1. The van der Waals surface area contributed by atoms with E-state index in [9.17, 15) is 14.7 Å². The second-order valence-corrected chi connectivity index (χ2v) is 7.27. The summed E-state index contributed by atoms with van der Waals surface area (Å²) in [7, 11) is 0. The number of rotatable bonds is 7. The highest BCUT2D eigenvalue weighted by Crippen LogP contribution is 2.40. The molecule has 1 aromatic rings. The van der Waals surface area contributed by atoms with Gasteiger partial charge in [0, 0.05) is 24.9 Å². The van der Waals surface area contributed by atoms with Crippen LogP contribution in [-0.2, 0) is 4.79 Å². The number of hydrogen-bond donors (Lipinski definition) is 3. The van der Waals surface area contributed by atoms with Crippen molar-refractivity contribution in [3.63, 3.8) is 0 Å². The van der Waals surface area contributed by atoms with Crippen LogP contribution in [0.3, 0.4) is 0 Å². The van der Waals surface area contributed by atoms with E-state index in [1.165, 1.54) is 0 Å². The molecule has 3 amide bonds. The lowest BCUT2D eigenvalue weighted by Crippen LogP contribution is -2.70. The number of likely N-dealkylation sites (tertiary alicyclic amines) is 1. The van der Waals surface area contributed by atoms with Crippen LogP contribution in [-0.4, -0.2) is 53.7 Å². The second-order valence-electron chi connectivity index (χ2n) is 7.27. The summed E-state index contributed by atoms with van der Waals surface area (Å²) < 4.78 is 0. The quantitative estimate of drug-likeness (QED) is 0.695. The van der Waals surface area contributed by atoms with Crippen LogP contribution in [0.2, 0.25) is 0 Å². The largest absolute Gasteiger partial charge is 0.394 e. The lowest BCUT2D eigenvalue weighted by Gasteiger charge is -2.54. The van der Waals surface area contributed by atoms with Crippen molar-refractivity contribution in [2.24, 2.45) is 5.92 Å². The van der Waals surface area contributed by atoms with Gasteiger partial charge in [0.05, 0.1) is 18.7 Å². The van der Waals surface area contributed by atoms with Gasteiger partial charge in [-0.1, -0.05) is 43.7 Å². The zero-order valence-electron chi connectivity index (χ0n) is 15.4. The maximum Gasteiger partial charge on any atom is 0.318 e. The van der Waals surface area contributed by atoms with E-state index in [1.807, 2.05) is 37.3 Å². The number of hydrogen-bond acceptors (Lipinski definition) is 3. The summed E-state index contributed by atoms with van der Waals surface area (Å²) in [5, 5.41) is 15.8. The topological polar surface area (TPSA) is 81.7 Å². The predicted octanol–water partition coefficient (Wildman–Crippen LogP) is 1.85. The van der Waals surface area contributed by atoms with E-state index in [0.29, 0.717) is 13.1 Å². The molecule has 6 nitrogen and oxygen atoms in total. The maximum absolute atomic E-state index is 12.6. The molecule has 142 valence electrons. The van der Waals surface area contributed by atoms with Crippen molar-refractivity contribution in [2.45, 2.75) is 50.6 Å². The standard InChI is InChI=1S/C20H29N3O3/c1-2-11-21-20(26)23-16(12-22-19(25)15-9-6-10-15)18(17(23)13-24)14-7-4-3-5-8-14/h3-5,7-8,15-18,24H,2,6,9-13H2,1H3,(H,21,26)(H,22,25)/t16-,17+,18+/m0/s1. The van der Waals surface area contributed by atoms with Crippen LogP contribution in [0, 0.1) is 5.92 Å². The molecule has 6 heteroatoms. The molecule has 26 heavy (non-hydrogen) atoms. The van der Waals surface area contributed by atoms with E-state index < -0.39 is 0 Å². The van der Waals surface area contributed by atoms with E-state index in [4.69, 9.17) is 0 Å². The fourth-order valence-corrected chi connectivity index (χ4v) is 3.94. The first-order chi connectivity index (χ1) is 12.7. The minimum absolute atomic E-state index is 0.0234. The summed E-state index contributed by atoms with van der Waals surface area (Å²) in [4.78, 5) is 26.5. The average Bonchev–Trinajstić information content (AvgIpc) is 2.58. The van der Waals surface area contributed by atoms with Crippen LogP contribution >= 0.6 is 0 Å². The van der Waals surface area contributed by atoms with Crippen molar-refractivity contribution in [3.05, 3.63) is 35.9 Å². The van der Waals surface area contributed by atoms with Gasteiger partial charge in [-0.05, 0) is 24.8 Å². The first-order valence-corrected chi connectivity index (χ1v) is 9.67. The molecule has 2 aliphatic rings. The summed E-state index contributed by atoms with van der Waals surface area (Å²) in [6, 6.07) is 9.36. The maximum atomic E-state index is 12.6. The minimum atomic E-state index is -0.264. The van der Waals surface area contributed by atoms with E-state index >= 15 is 0 Å². The molecule has 2 fully saturated rings. The highest BCUT2D eigenvalue weighted by molar-refractivity contribution is 5.80. The van der Waals surface area contributed by atoms with Gasteiger partial charge < -0.3 is 20.6 Å². The number of nitrogens with one attached hydrogen (secondary N) is 2. The molecule has 3 rings (SSSR count). The first-order valence-electron chi connectivity index (χ1n) is 9.67. The Bertz CT molecular complexity index is 618. The molecular weight excluding hydrogens is 330 g/mol. The monoisotopic (exact) mass is 359 g/mol. The third-order valence-electron chi connectivity index (χ3n) is 5.64. The van der Waals surface area contributed by atoms with Crippen LogP contribution in [0.4, 0.5) is 4.79 Å². The Morgan fingerprint density at radius 3 is 2.46 bits per heavy atom. The number of urea groups is 1. The Morgan fingerprint density at radius 1 is 1.15 bits per heavy atom. The van der Waals surface area contributed by atoms with Crippen LogP contribution in [0.5, 0.6) is 0 Å². The van der Waals surface area contributed by atoms with Gasteiger partial charge in [0.1, 0.15) is 0 Å². The first kappa shape index (κ1) is 18.7. The van der Waals surface area contributed by atoms with E-state index in [-0.39, 0.29) is 42.5 Å². The normalized spacial score (nSPS) is 25.2. The zero-order chi connectivity index (χ0) is 18.5. The number of benzene rings is 1. The van der Waals surface area contributed by atoms with Crippen molar-refractivity contribution >= 4 is 11.9 Å². The van der Waals surface area contributed by atoms with Crippen LogP contribution < -0.4 is 10.6 Å². The van der Waals surface area contributed by atoms with Crippen molar-refractivity contribution in [3.8, 4) is 0 Å². The molecular formula is C20H29N3O3. The number of amides is 3. The van der Waals surface area contributed by atoms with Gasteiger partial charge in [-0.15, -0.1) is 0 Å². The molecule has 0 radical (unpaired) electrons. The van der Waals surface area contributed by atoms with E-state index in [2.05, 4.69) is 10.6 Å². The van der Waals surface area contributed by atoms with Gasteiger partial charge >= 0.3 is 6.03 Å². The molecule has 0 unspecified atom stereocenters. The molecule has 1 heterocycles. The third kappa shape index (κ3) is 3.70. The number of nitrogens with zero attached hydrogens (tertiary/aromatic N) is 1. The molecule has 0 bridgehead atoms. The number of carbonyl (C=O) groups excluding carboxylic acids is 2. The zero-order valence-corrected chi connectivity index (χ0v) is 15.4. The Labute approximate surface area is 155 Å². The number of aliphatic hydroxyl groups excluding tert-OH is 1. The average molecular weight is 359 g/mol. The van der Waals surface area contributed by atoms with Gasteiger partial charge in [0.15, 0.2) is 0 Å².